The maximum atomic E-state index is 12.0. The lowest BCUT2D eigenvalue weighted by Crippen LogP contribution is -2.46. The quantitative estimate of drug-likeness (QED) is 0.560. The molecule has 2 atom stereocenters. The van der Waals surface area contributed by atoms with Gasteiger partial charge in [0.05, 0.1) is 17.5 Å². The van der Waals surface area contributed by atoms with Crippen LogP contribution in [0.1, 0.15) is 23.6 Å². The molecule has 7 nitrogen and oxygen atoms in total. The number of benzene rings is 2. The minimum Gasteiger partial charge on any atom is -0.465 e. The standard InChI is InChI=1S/C22H28N2O5S/c1-15(2)18-9-17(10-19(12-18)30(3,28)29)13-24(22(26)27)14-21(25)20(23)11-16-7-5-4-6-8-16/h4-10,12,20-21,25H,1,11,13-14,23H2,2-3H3,(H,26,27)/t20-,21+/m0/s1. The Balaban J connectivity index is 2.20. The zero-order valence-corrected chi connectivity index (χ0v) is 18.0. The van der Waals surface area contributed by atoms with Gasteiger partial charge in [-0.25, -0.2) is 13.2 Å². The summed E-state index contributed by atoms with van der Waals surface area (Å²) in [6.07, 6.45) is -0.823. The van der Waals surface area contributed by atoms with Crippen LogP contribution in [0, 0.1) is 0 Å². The van der Waals surface area contributed by atoms with Crippen LogP contribution in [0.5, 0.6) is 0 Å². The largest absolute Gasteiger partial charge is 0.465 e. The second kappa shape index (κ2) is 9.88. The zero-order valence-electron chi connectivity index (χ0n) is 17.2. The van der Waals surface area contributed by atoms with Crippen LogP contribution in [0.2, 0.25) is 0 Å². The lowest BCUT2D eigenvalue weighted by Gasteiger charge is -2.26. The van der Waals surface area contributed by atoms with Gasteiger partial charge in [0.2, 0.25) is 0 Å². The topological polar surface area (TPSA) is 121 Å². The molecule has 2 rings (SSSR count). The van der Waals surface area contributed by atoms with Crippen molar-refractivity contribution in [3.8, 4) is 0 Å². The van der Waals surface area contributed by atoms with Crippen molar-refractivity contribution < 1.29 is 23.4 Å². The molecule has 2 aromatic rings. The maximum Gasteiger partial charge on any atom is 0.407 e. The fourth-order valence-corrected chi connectivity index (χ4v) is 3.73. The predicted molar refractivity (Wildman–Crippen MR) is 117 cm³/mol. The van der Waals surface area contributed by atoms with Gasteiger partial charge in [0.1, 0.15) is 0 Å². The number of aliphatic hydroxyl groups is 1. The average molecular weight is 433 g/mol. The molecule has 8 heteroatoms. The van der Waals surface area contributed by atoms with Gasteiger partial charge in [0, 0.05) is 18.8 Å². The average Bonchev–Trinajstić information content (AvgIpc) is 2.67. The van der Waals surface area contributed by atoms with E-state index in [0.29, 0.717) is 23.1 Å². The highest BCUT2D eigenvalue weighted by Crippen LogP contribution is 2.21. The molecule has 2 aromatic carbocycles. The normalized spacial score (nSPS) is 13.5. The highest BCUT2D eigenvalue weighted by atomic mass is 32.2. The summed E-state index contributed by atoms with van der Waals surface area (Å²) < 4.78 is 24.0. The van der Waals surface area contributed by atoms with Gasteiger partial charge in [-0.3, -0.25) is 0 Å². The lowest BCUT2D eigenvalue weighted by molar-refractivity contribution is 0.0795. The van der Waals surface area contributed by atoms with Crippen LogP contribution in [-0.2, 0) is 22.8 Å². The Morgan fingerprint density at radius 1 is 1.17 bits per heavy atom. The molecule has 0 aliphatic rings. The molecule has 0 saturated heterocycles. The van der Waals surface area contributed by atoms with Crippen molar-refractivity contribution in [3.05, 3.63) is 71.8 Å². The van der Waals surface area contributed by atoms with Crippen molar-refractivity contribution in [1.82, 2.24) is 4.90 Å². The number of sulfone groups is 1. The molecule has 0 aromatic heterocycles. The summed E-state index contributed by atoms with van der Waals surface area (Å²) in [5.74, 6) is 0. The minimum absolute atomic E-state index is 0.0877. The third-order valence-electron chi connectivity index (χ3n) is 4.75. The molecule has 0 aliphatic heterocycles. The molecule has 0 fully saturated rings. The van der Waals surface area contributed by atoms with E-state index in [1.165, 1.54) is 12.1 Å². The van der Waals surface area contributed by atoms with Gasteiger partial charge in [0.15, 0.2) is 9.84 Å². The number of hydrogen-bond donors (Lipinski definition) is 3. The van der Waals surface area contributed by atoms with E-state index >= 15 is 0 Å². The van der Waals surface area contributed by atoms with Gasteiger partial charge < -0.3 is 20.8 Å². The SMILES string of the molecule is C=C(C)c1cc(CN(C[C@@H](O)[C@@H](N)Cc2ccccc2)C(=O)O)cc(S(C)(=O)=O)c1. The van der Waals surface area contributed by atoms with E-state index in [4.69, 9.17) is 5.73 Å². The molecule has 162 valence electrons. The summed E-state index contributed by atoms with van der Waals surface area (Å²) in [4.78, 5) is 12.9. The fourth-order valence-electron chi connectivity index (χ4n) is 3.03. The summed E-state index contributed by atoms with van der Waals surface area (Å²) in [6.45, 7) is 5.29. The molecule has 4 N–H and O–H groups in total. The second-order valence-corrected chi connectivity index (χ2v) is 9.52. The van der Waals surface area contributed by atoms with E-state index in [1.807, 2.05) is 30.3 Å². The number of carbonyl (C=O) groups is 1. The molecular formula is C22H28N2O5S. The molecule has 0 aliphatic carbocycles. The first kappa shape index (κ1) is 23.6. The Bertz CT molecular complexity index is 1010. The van der Waals surface area contributed by atoms with Gasteiger partial charge >= 0.3 is 6.09 Å². The van der Waals surface area contributed by atoms with Crippen LogP contribution < -0.4 is 5.73 Å². The Morgan fingerprint density at radius 3 is 2.33 bits per heavy atom. The van der Waals surface area contributed by atoms with Crippen molar-refractivity contribution in [2.24, 2.45) is 5.73 Å². The monoisotopic (exact) mass is 432 g/mol. The van der Waals surface area contributed by atoms with Crippen LogP contribution in [0.25, 0.3) is 5.57 Å². The van der Waals surface area contributed by atoms with Gasteiger partial charge in [-0.15, -0.1) is 0 Å². The van der Waals surface area contributed by atoms with Crippen molar-refractivity contribution in [2.75, 3.05) is 12.8 Å². The Morgan fingerprint density at radius 2 is 1.80 bits per heavy atom. The van der Waals surface area contributed by atoms with Crippen LogP contribution in [0.15, 0.2) is 60.0 Å². The Hall–Kier alpha value is -2.68. The Labute approximate surface area is 177 Å². The van der Waals surface area contributed by atoms with Crippen LogP contribution in [-0.4, -0.2) is 54.6 Å². The summed E-state index contributed by atoms with van der Waals surface area (Å²) in [5.41, 5.74) is 8.78. The summed E-state index contributed by atoms with van der Waals surface area (Å²) >= 11 is 0. The second-order valence-electron chi connectivity index (χ2n) is 7.50. The number of nitrogens with two attached hydrogens (primary N) is 1. The van der Waals surface area contributed by atoms with E-state index < -0.39 is 28.1 Å². The lowest BCUT2D eigenvalue weighted by atomic mass is 10.0. The van der Waals surface area contributed by atoms with Crippen LogP contribution in [0.4, 0.5) is 4.79 Å². The molecule has 0 saturated carbocycles. The zero-order chi connectivity index (χ0) is 22.5. The number of allylic oxidation sites excluding steroid dienone is 1. The molecule has 30 heavy (non-hydrogen) atoms. The van der Waals surface area contributed by atoms with Crippen LogP contribution >= 0.6 is 0 Å². The molecule has 0 unspecified atom stereocenters. The number of nitrogens with zero attached hydrogens (tertiary/aromatic N) is 1. The van der Waals surface area contributed by atoms with Crippen molar-refractivity contribution >= 4 is 21.5 Å². The van der Waals surface area contributed by atoms with Gasteiger partial charge in [-0.05, 0) is 48.2 Å². The predicted octanol–water partition coefficient (Wildman–Crippen LogP) is 2.53. The van der Waals surface area contributed by atoms with Crippen molar-refractivity contribution in [1.29, 1.82) is 0 Å². The fraction of sp³-hybridized carbons (Fsp3) is 0.318. The number of amides is 1. The summed E-state index contributed by atoms with van der Waals surface area (Å²) in [6, 6.07) is 13.4. The summed E-state index contributed by atoms with van der Waals surface area (Å²) in [7, 11) is -3.48. The number of carboxylic acid groups (broad SMARTS) is 1. The first-order chi connectivity index (χ1) is 14.0. The van der Waals surface area contributed by atoms with Crippen molar-refractivity contribution in [3.63, 3.8) is 0 Å². The molecule has 1 amide bonds. The van der Waals surface area contributed by atoms with Crippen LogP contribution in [0.3, 0.4) is 0 Å². The molecule has 0 spiro atoms. The van der Waals surface area contributed by atoms with E-state index in [2.05, 4.69) is 6.58 Å². The summed E-state index contributed by atoms with van der Waals surface area (Å²) in [5, 5.41) is 20.1. The minimum atomic E-state index is -3.48. The molecule has 0 bridgehead atoms. The third-order valence-corrected chi connectivity index (χ3v) is 5.84. The maximum absolute atomic E-state index is 12.0. The number of rotatable bonds is 9. The van der Waals surface area contributed by atoms with E-state index in [1.54, 1.807) is 13.0 Å². The smallest absolute Gasteiger partial charge is 0.407 e. The molecular weight excluding hydrogens is 404 g/mol. The number of hydrogen-bond acceptors (Lipinski definition) is 5. The highest BCUT2D eigenvalue weighted by Gasteiger charge is 2.23. The molecule has 0 heterocycles. The third kappa shape index (κ3) is 6.69. The van der Waals surface area contributed by atoms with Gasteiger partial charge in [0.25, 0.3) is 0 Å². The van der Waals surface area contributed by atoms with E-state index in [-0.39, 0.29) is 18.0 Å². The van der Waals surface area contributed by atoms with E-state index in [9.17, 15) is 23.4 Å². The first-order valence-corrected chi connectivity index (χ1v) is 11.3. The molecule has 0 radical (unpaired) electrons. The van der Waals surface area contributed by atoms with Gasteiger partial charge in [-0.1, -0.05) is 42.5 Å². The Kier molecular flexibility index (Phi) is 7.77. The highest BCUT2D eigenvalue weighted by molar-refractivity contribution is 7.90. The van der Waals surface area contributed by atoms with E-state index in [0.717, 1.165) is 16.7 Å². The number of aliphatic hydroxyl groups excluding tert-OH is 1. The first-order valence-electron chi connectivity index (χ1n) is 9.42. The van der Waals surface area contributed by atoms with Gasteiger partial charge in [-0.2, -0.15) is 0 Å². The van der Waals surface area contributed by atoms with Crippen molar-refractivity contribution in [2.45, 2.75) is 36.9 Å².